The third-order valence-corrected chi connectivity index (χ3v) is 5.65. The van der Waals surface area contributed by atoms with Crippen molar-refractivity contribution in [1.29, 1.82) is 0 Å². The van der Waals surface area contributed by atoms with Crippen LogP contribution in [-0.2, 0) is 11.3 Å². The van der Waals surface area contributed by atoms with Crippen LogP contribution in [0.4, 0.5) is 10.2 Å². The molecule has 2 N–H and O–H groups in total. The summed E-state index contributed by atoms with van der Waals surface area (Å²) in [5.74, 6) is 0.625. The van der Waals surface area contributed by atoms with Gasteiger partial charge in [0.25, 0.3) is 0 Å². The molecule has 2 atom stereocenters. The summed E-state index contributed by atoms with van der Waals surface area (Å²) in [6, 6.07) is 7.59. The summed E-state index contributed by atoms with van der Waals surface area (Å²) in [5.41, 5.74) is 0.737. The quantitative estimate of drug-likeness (QED) is 0.779. The molecular formula is C19H23Cl2FN4O. The summed E-state index contributed by atoms with van der Waals surface area (Å²) in [6.45, 7) is 0.369. The van der Waals surface area contributed by atoms with E-state index in [-0.39, 0.29) is 23.3 Å². The Bertz CT molecular complexity index is 801. The van der Waals surface area contributed by atoms with Crippen molar-refractivity contribution in [3.8, 4) is 0 Å². The lowest BCUT2D eigenvalue weighted by Gasteiger charge is -2.28. The van der Waals surface area contributed by atoms with Crippen LogP contribution in [-0.4, -0.2) is 27.8 Å². The Morgan fingerprint density at radius 2 is 2.04 bits per heavy atom. The summed E-state index contributed by atoms with van der Waals surface area (Å²) in [4.78, 5) is 12.5. The van der Waals surface area contributed by atoms with Gasteiger partial charge in [0.15, 0.2) is 0 Å². The maximum atomic E-state index is 13.6. The van der Waals surface area contributed by atoms with E-state index in [1.54, 1.807) is 23.0 Å². The second-order valence-electron chi connectivity index (χ2n) is 7.35. The summed E-state index contributed by atoms with van der Waals surface area (Å²) < 4.78 is 15.3. The molecule has 146 valence electrons. The first kappa shape index (κ1) is 20.1. The van der Waals surface area contributed by atoms with Crippen LogP contribution < -0.4 is 10.6 Å². The summed E-state index contributed by atoms with van der Waals surface area (Å²) in [5, 5.41) is 10.9. The van der Waals surface area contributed by atoms with Crippen molar-refractivity contribution < 1.29 is 9.18 Å². The minimum Gasteiger partial charge on any atom is -0.311 e. The van der Waals surface area contributed by atoms with Crippen LogP contribution in [0.15, 0.2) is 30.5 Å². The summed E-state index contributed by atoms with van der Waals surface area (Å²) in [6.07, 6.45) is 6.78. The summed E-state index contributed by atoms with van der Waals surface area (Å²) in [7, 11) is 0. The Morgan fingerprint density at radius 1 is 1.30 bits per heavy atom. The number of anilines is 1. The van der Waals surface area contributed by atoms with Gasteiger partial charge in [0.2, 0.25) is 5.91 Å². The van der Waals surface area contributed by atoms with E-state index >= 15 is 0 Å². The minimum atomic E-state index is -0.456. The molecule has 1 aromatic carbocycles. The van der Waals surface area contributed by atoms with E-state index in [0.717, 1.165) is 18.4 Å². The van der Waals surface area contributed by atoms with Gasteiger partial charge < -0.3 is 10.6 Å². The number of nitrogens with one attached hydrogen (secondary N) is 2. The van der Waals surface area contributed by atoms with Gasteiger partial charge >= 0.3 is 0 Å². The number of aromatic nitrogens is 2. The maximum Gasteiger partial charge on any atom is 0.225 e. The first-order valence-corrected chi connectivity index (χ1v) is 9.46. The number of hydrogen-bond acceptors (Lipinski definition) is 3. The van der Waals surface area contributed by atoms with Crippen molar-refractivity contribution in [2.75, 3.05) is 5.32 Å². The standard InChI is InChI=1S/C19H22ClFN4O.ClH/c20-16-4-1-12(9-17(16)21)11-25-18(5-6-22-25)24-19(26)10-13-7-14-2-3-15(8-13)23-14;/h1,4-6,9,13-15,23H,2-3,7-8,10-11H2,(H,24,26);1H. The fourth-order valence-corrected chi connectivity index (χ4v) is 4.29. The Kier molecular flexibility index (Phi) is 6.40. The van der Waals surface area contributed by atoms with E-state index in [4.69, 9.17) is 11.6 Å². The molecule has 0 saturated carbocycles. The zero-order valence-corrected chi connectivity index (χ0v) is 16.4. The largest absolute Gasteiger partial charge is 0.311 e. The van der Waals surface area contributed by atoms with E-state index < -0.39 is 5.82 Å². The van der Waals surface area contributed by atoms with Gasteiger partial charge in [-0.1, -0.05) is 17.7 Å². The zero-order chi connectivity index (χ0) is 18.1. The first-order chi connectivity index (χ1) is 12.6. The highest BCUT2D eigenvalue weighted by Crippen LogP contribution is 2.32. The molecule has 1 amide bonds. The maximum absolute atomic E-state index is 13.6. The van der Waals surface area contributed by atoms with Crippen molar-refractivity contribution >= 4 is 35.7 Å². The number of nitrogens with zero attached hydrogens (tertiary/aromatic N) is 2. The predicted molar refractivity (Wildman–Crippen MR) is 106 cm³/mol. The van der Waals surface area contributed by atoms with Gasteiger partial charge in [-0.2, -0.15) is 5.10 Å². The fraction of sp³-hybridized carbons (Fsp3) is 0.474. The first-order valence-electron chi connectivity index (χ1n) is 9.08. The van der Waals surface area contributed by atoms with Crippen LogP contribution in [0.1, 0.15) is 37.7 Å². The highest BCUT2D eigenvalue weighted by Gasteiger charge is 2.34. The zero-order valence-electron chi connectivity index (χ0n) is 14.8. The molecule has 2 saturated heterocycles. The SMILES string of the molecule is Cl.O=C(CC1CC2CCC(C1)N2)Nc1ccnn1Cc1ccc(Cl)c(F)c1. The van der Waals surface area contributed by atoms with E-state index in [9.17, 15) is 9.18 Å². The number of carbonyl (C=O) groups excluding carboxylic acids is 1. The van der Waals surface area contributed by atoms with Crippen molar-refractivity contribution in [3.05, 3.63) is 46.9 Å². The smallest absolute Gasteiger partial charge is 0.225 e. The minimum absolute atomic E-state index is 0. The van der Waals surface area contributed by atoms with Crippen LogP contribution in [0.25, 0.3) is 0 Å². The molecule has 2 aliphatic rings. The van der Waals surface area contributed by atoms with Crippen LogP contribution in [0.5, 0.6) is 0 Å². The Balaban J connectivity index is 0.00000210. The van der Waals surface area contributed by atoms with Crippen LogP contribution in [0, 0.1) is 11.7 Å². The van der Waals surface area contributed by atoms with Gasteiger partial charge in [-0.15, -0.1) is 12.4 Å². The molecule has 8 heteroatoms. The Morgan fingerprint density at radius 3 is 2.74 bits per heavy atom. The fourth-order valence-electron chi connectivity index (χ4n) is 4.17. The lowest BCUT2D eigenvalue weighted by Crippen LogP contribution is -2.39. The van der Waals surface area contributed by atoms with E-state index in [0.29, 0.717) is 36.8 Å². The van der Waals surface area contributed by atoms with E-state index in [1.165, 1.54) is 25.0 Å². The Hall–Kier alpha value is -1.63. The average molecular weight is 413 g/mol. The molecule has 2 fully saturated rings. The molecule has 2 aliphatic heterocycles. The third-order valence-electron chi connectivity index (χ3n) is 5.35. The summed E-state index contributed by atoms with van der Waals surface area (Å²) >= 11 is 5.72. The number of amides is 1. The average Bonchev–Trinajstić information content (AvgIpc) is 3.17. The number of fused-ring (bicyclic) bond motifs is 2. The van der Waals surface area contributed by atoms with Gasteiger partial charge in [0.05, 0.1) is 17.8 Å². The molecule has 0 aliphatic carbocycles. The second-order valence-corrected chi connectivity index (χ2v) is 7.76. The van der Waals surface area contributed by atoms with Crippen LogP contribution in [0.3, 0.4) is 0 Å². The molecule has 5 nitrogen and oxygen atoms in total. The predicted octanol–water partition coefficient (Wildman–Crippen LogP) is 4.00. The van der Waals surface area contributed by atoms with Gasteiger partial charge in [-0.05, 0) is 49.3 Å². The third kappa shape index (κ3) is 4.81. The molecule has 2 unspecified atom stereocenters. The molecule has 0 spiro atoms. The van der Waals surface area contributed by atoms with Crippen LogP contribution in [0.2, 0.25) is 5.02 Å². The molecule has 27 heavy (non-hydrogen) atoms. The topological polar surface area (TPSA) is 59.0 Å². The molecule has 2 aromatic rings. The second kappa shape index (κ2) is 8.59. The van der Waals surface area contributed by atoms with E-state index in [2.05, 4.69) is 15.7 Å². The number of benzene rings is 1. The molecular weight excluding hydrogens is 390 g/mol. The number of hydrogen-bond donors (Lipinski definition) is 2. The normalized spacial score (nSPS) is 23.7. The molecule has 4 rings (SSSR count). The number of halogens is 3. The lowest BCUT2D eigenvalue weighted by molar-refractivity contribution is -0.117. The number of rotatable bonds is 5. The van der Waals surface area contributed by atoms with Crippen molar-refractivity contribution in [1.82, 2.24) is 15.1 Å². The number of carbonyl (C=O) groups is 1. The van der Waals surface area contributed by atoms with Crippen LogP contribution >= 0.6 is 24.0 Å². The van der Waals surface area contributed by atoms with Gasteiger partial charge in [0, 0.05) is 24.6 Å². The highest BCUT2D eigenvalue weighted by molar-refractivity contribution is 6.30. The van der Waals surface area contributed by atoms with Gasteiger partial charge in [-0.3, -0.25) is 4.79 Å². The van der Waals surface area contributed by atoms with Crippen molar-refractivity contribution in [2.24, 2.45) is 5.92 Å². The number of piperidine rings is 1. The molecule has 0 radical (unpaired) electrons. The molecule has 3 heterocycles. The highest BCUT2D eigenvalue weighted by atomic mass is 35.5. The molecule has 1 aromatic heterocycles. The van der Waals surface area contributed by atoms with Crippen molar-refractivity contribution in [3.63, 3.8) is 0 Å². The molecule has 2 bridgehead atoms. The van der Waals surface area contributed by atoms with E-state index in [1.807, 2.05) is 0 Å². The Labute approximate surface area is 169 Å². The van der Waals surface area contributed by atoms with Crippen molar-refractivity contribution in [2.45, 2.75) is 50.7 Å². The van der Waals surface area contributed by atoms with Gasteiger partial charge in [-0.25, -0.2) is 9.07 Å². The lowest BCUT2D eigenvalue weighted by atomic mass is 9.89. The monoisotopic (exact) mass is 412 g/mol. The van der Waals surface area contributed by atoms with Gasteiger partial charge in [0.1, 0.15) is 11.6 Å².